The van der Waals surface area contributed by atoms with Crippen LogP contribution in [0.2, 0.25) is 0 Å². The van der Waals surface area contributed by atoms with Gasteiger partial charge in [0.25, 0.3) is 0 Å². The van der Waals surface area contributed by atoms with Crippen LogP contribution in [-0.4, -0.2) is 17.7 Å². The lowest BCUT2D eigenvalue weighted by atomic mass is 10.1. The second kappa shape index (κ2) is 9.88. The lowest BCUT2D eigenvalue weighted by Crippen LogP contribution is -2.04. The predicted molar refractivity (Wildman–Crippen MR) is 127 cm³/mol. The van der Waals surface area contributed by atoms with Crippen molar-refractivity contribution in [2.24, 2.45) is 0 Å². The molecule has 0 radical (unpaired) electrons. The summed E-state index contributed by atoms with van der Waals surface area (Å²) in [5.74, 6) is 0.433. The summed E-state index contributed by atoms with van der Waals surface area (Å²) in [6, 6.07) is 27.1. The van der Waals surface area contributed by atoms with E-state index in [1.54, 1.807) is 18.2 Å². The molecule has 0 heterocycles. The number of rotatable bonds is 9. The fourth-order valence-electron chi connectivity index (χ4n) is 3.59. The number of carboxylic acid groups (broad SMARTS) is 1. The van der Waals surface area contributed by atoms with Crippen LogP contribution in [0, 0.1) is 0 Å². The lowest BCUT2D eigenvalue weighted by Gasteiger charge is -2.15. The summed E-state index contributed by atoms with van der Waals surface area (Å²) in [5.41, 5.74) is 3.13. The van der Waals surface area contributed by atoms with Gasteiger partial charge in [-0.2, -0.15) is 0 Å². The second-order valence-electron chi connectivity index (χ2n) is 7.38. The van der Waals surface area contributed by atoms with E-state index in [0.29, 0.717) is 31.3 Å². The molecule has 5 nitrogen and oxygen atoms in total. The SMILES string of the molecule is CCOc1cc(CNc2cccc(C(=O)O)c2)ccc1OCc1cccc2ccccc12. The molecule has 4 aromatic rings. The van der Waals surface area contributed by atoms with Crippen molar-refractivity contribution in [2.75, 3.05) is 11.9 Å². The normalized spacial score (nSPS) is 10.7. The number of carboxylic acids is 1. The zero-order chi connectivity index (χ0) is 22.3. The van der Waals surface area contributed by atoms with Crippen molar-refractivity contribution < 1.29 is 19.4 Å². The number of ether oxygens (including phenoxy) is 2. The first kappa shape index (κ1) is 21.2. The van der Waals surface area contributed by atoms with Gasteiger partial charge in [-0.15, -0.1) is 0 Å². The number of hydrogen-bond acceptors (Lipinski definition) is 4. The van der Waals surface area contributed by atoms with E-state index >= 15 is 0 Å². The van der Waals surface area contributed by atoms with Crippen molar-refractivity contribution in [3.8, 4) is 11.5 Å². The van der Waals surface area contributed by atoms with Crippen LogP contribution in [0.1, 0.15) is 28.4 Å². The molecular formula is C27H25NO4. The predicted octanol–water partition coefficient (Wildman–Crippen LogP) is 6.13. The summed E-state index contributed by atoms with van der Waals surface area (Å²) in [7, 11) is 0. The van der Waals surface area contributed by atoms with Gasteiger partial charge in [-0.3, -0.25) is 0 Å². The zero-order valence-electron chi connectivity index (χ0n) is 17.9. The summed E-state index contributed by atoms with van der Waals surface area (Å²) in [4.78, 5) is 11.2. The number of nitrogens with one attached hydrogen (secondary N) is 1. The number of fused-ring (bicyclic) bond motifs is 1. The van der Waals surface area contributed by atoms with Crippen LogP contribution >= 0.6 is 0 Å². The van der Waals surface area contributed by atoms with Crippen LogP contribution in [0.5, 0.6) is 11.5 Å². The first-order valence-electron chi connectivity index (χ1n) is 10.6. The van der Waals surface area contributed by atoms with Gasteiger partial charge in [0.15, 0.2) is 11.5 Å². The summed E-state index contributed by atoms with van der Waals surface area (Å²) in [6.07, 6.45) is 0. The van der Waals surface area contributed by atoms with Crippen molar-refractivity contribution in [3.05, 3.63) is 102 Å². The van der Waals surface area contributed by atoms with E-state index in [1.165, 1.54) is 10.8 Å². The van der Waals surface area contributed by atoms with Crippen molar-refractivity contribution in [2.45, 2.75) is 20.1 Å². The van der Waals surface area contributed by atoms with Gasteiger partial charge < -0.3 is 19.9 Å². The molecule has 0 aliphatic rings. The van der Waals surface area contributed by atoms with Gasteiger partial charge in [-0.1, -0.05) is 54.6 Å². The Kier molecular flexibility index (Phi) is 6.56. The average Bonchev–Trinajstić information content (AvgIpc) is 2.82. The van der Waals surface area contributed by atoms with E-state index in [4.69, 9.17) is 14.6 Å². The Balaban J connectivity index is 1.48. The van der Waals surface area contributed by atoms with Crippen molar-refractivity contribution in [3.63, 3.8) is 0 Å². The minimum Gasteiger partial charge on any atom is -0.490 e. The third-order valence-corrected chi connectivity index (χ3v) is 5.18. The molecule has 0 saturated carbocycles. The second-order valence-corrected chi connectivity index (χ2v) is 7.38. The summed E-state index contributed by atoms with van der Waals surface area (Å²) >= 11 is 0. The minimum atomic E-state index is -0.944. The smallest absolute Gasteiger partial charge is 0.335 e. The van der Waals surface area contributed by atoms with Crippen LogP contribution in [-0.2, 0) is 13.2 Å². The average molecular weight is 428 g/mol. The summed E-state index contributed by atoms with van der Waals surface area (Å²) in [6.45, 7) is 3.45. The molecule has 0 fully saturated rings. The molecule has 0 saturated heterocycles. The van der Waals surface area contributed by atoms with Gasteiger partial charge >= 0.3 is 5.97 Å². The highest BCUT2D eigenvalue weighted by atomic mass is 16.5. The van der Waals surface area contributed by atoms with Crippen LogP contribution in [0.4, 0.5) is 5.69 Å². The number of carbonyl (C=O) groups is 1. The molecule has 0 bridgehead atoms. The molecule has 32 heavy (non-hydrogen) atoms. The van der Waals surface area contributed by atoms with E-state index in [-0.39, 0.29) is 5.56 Å². The van der Waals surface area contributed by atoms with Crippen LogP contribution < -0.4 is 14.8 Å². The van der Waals surface area contributed by atoms with E-state index < -0.39 is 5.97 Å². The van der Waals surface area contributed by atoms with Gasteiger partial charge in [-0.05, 0) is 59.2 Å². The van der Waals surface area contributed by atoms with E-state index in [1.807, 2.05) is 49.4 Å². The first-order chi connectivity index (χ1) is 15.6. The van der Waals surface area contributed by atoms with E-state index in [0.717, 1.165) is 16.8 Å². The zero-order valence-corrected chi connectivity index (χ0v) is 17.9. The molecule has 4 rings (SSSR count). The molecule has 4 aromatic carbocycles. The maximum Gasteiger partial charge on any atom is 0.335 e. The highest BCUT2D eigenvalue weighted by Gasteiger charge is 2.09. The molecule has 0 unspecified atom stereocenters. The minimum absolute atomic E-state index is 0.252. The Labute approximate surface area is 187 Å². The first-order valence-corrected chi connectivity index (χ1v) is 10.6. The fraction of sp³-hybridized carbons (Fsp3) is 0.148. The third-order valence-electron chi connectivity index (χ3n) is 5.18. The molecule has 0 amide bonds. The van der Waals surface area contributed by atoms with Gasteiger partial charge in [0.1, 0.15) is 6.61 Å². The highest BCUT2D eigenvalue weighted by Crippen LogP contribution is 2.30. The third kappa shape index (κ3) is 5.01. The van der Waals surface area contributed by atoms with Gasteiger partial charge in [0, 0.05) is 12.2 Å². The molecule has 162 valence electrons. The summed E-state index contributed by atoms with van der Waals surface area (Å²) < 4.78 is 12.0. The highest BCUT2D eigenvalue weighted by molar-refractivity contribution is 5.88. The van der Waals surface area contributed by atoms with Gasteiger partial charge in [-0.25, -0.2) is 4.79 Å². The number of benzene rings is 4. The van der Waals surface area contributed by atoms with Gasteiger partial charge in [0.2, 0.25) is 0 Å². The molecule has 2 N–H and O–H groups in total. The molecule has 5 heteroatoms. The maximum absolute atomic E-state index is 11.2. The molecule has 0 aliphatic heterocycles. The lowest BCUT2D eigenvalue weighted by molar-refractivity contribution is 0.0697. The van der Waals surface area contributed by atoms with E-state index in [2.05, 4.69) is 29.6 Å². The Bertz CT molecular complexity index is 1230. The number of aromatic carboxylic acids is 1. The van der Waals surface area contributed by atoms with Crippen LogP contribution in [0.3, 0.4) is 0 Å². The molecular weight excluding hydrogens is 402 g/mol. The van der Waals surface area contributed by atoms with E-state index in [9.17, 15) is 4.79 Å². The Morgan fingerprint density at radius 2 is 1.69 bits per heavy atom. The molecule has 0 aliphatic carbocycles. The molecule has 0 atom stereocenters. The van der Waals surface area contributed by atoms with Crippen molar-refractivity contribution >= 4 is 22.4 Å². The maximum atomic E-state index is 11.2. The van der Waals surface area contributed by atoms with Crippen LogP contribution in [0.25, 0.3) is 10.8 Å². The monoisotopic (exact) mass is 427 g/mol. The largest absolute Gasteiger partial charge is 0.490 e. The fourth-order valence-corrected chi connectivity index (χ4v) is 3.59. The Morgan fingerprint density at radius 1 is 0.875 bits per heavy atom. The molecule has 0 spiro atoms. The van der Waals surface area contributed by atoms with Crippen molar-refractivity contribution in [1.29, 1.82) is 0 Å². The topological polar surface area (TPSA) is 67.8 Å². The quantitative estimate of drug-likeness (QED) is 0.336. The van der Waals surface area contributed by atoms with Crippen LogP contribution in [0.15, 0.2) is 84.9 Å². The number of anilines is 1. The Morgan fingerprint density at radius 3 is 2.53 bits per heavy atom. The van der Waals surface area contributed by atoms with Gasteiger partial charge in [0.05, 0.1) is 12.2 Å². The standard InChI is InChI=1S/C27H25NO4/c1-2-31-26-15-19(17-28-23-11-6-9-21(16-23)27(29)30)13-14-25(26)32-18-22-10-5-8-20-7-3-4-12-24(20)22/h3-16,28H,2,17-18H2,1H3,(H,29,30). The number of hydrogen-bond donors (Lipinski definition) is 2. The Hall–Kier alpha value is -3.99. The molecule has 0 aromatic heterocycles. The van der Waals surface area contributed by atoms with Crippen molar-refractivity contribution in [1.82, 2.24) is 0 Å². The summed E-state index contributed by atoms with van der Waals surface area (Å²) in [5, 5.41) is 14.8.